The maximum absolute atomic E-state index is 14.7. The van der Waals surface area contributed by atoms with Crippen molar-refractivity contribution in [3.63, 3.8) is 0 Å². The number of amides is 3. The third-order valence-electron chi connectivity index (χ3n) is 11.9. The van der Waals surface area contributed by atoms with Gasteiger partial charge in [-0.05, 0) is 56.6 Å². The van der Waals surface area contributed by atoms with Gasteiger partial charge < -0.3 is 25.5 Å². The second-order valence-corrected chi connectivity index (χ2v) is 18.3. The summed E-state index contributed by atoms with van der Waals surface area (Å²) >= 11 is 0. The number of hydrogen-bond acceptors (Lipinski definition) is 7. The van der Waals surface area contributed by atoms with Crippen molar-refractivity contribution in [2.45, 2.75) is 135 Å². The number of piperazine rings is 2. The van der Waals surface area contributed by atoms with Gasteiger partial charge in [-0.2, -0.15) is 17.0 Å². The molecule has 1 aromatic carbocycles. The number of carbonyl (C=O) groups excluding carboxylic acids is 3. The van der Waals surface area contributed by atoms with E-state index in [0.717, 1.165) is 50.5 Å². The number of aliphatic hydroxyl groups excluding tert-OH is 1. The van der Waals surface area contributed by atoms with Crippen molar-refractivity contribution in [2.24, 2.45) is 17.8 Å². The fourth-order valence-electron chi connectivity index (χ4n) is 8.39. The Kier molecular flexibility index (Phi) is 17.7. The highest BCUT2D eigenvalue weighted by Gasteiger charge is 2.47. The summed E-state index contributed by atoms with van der Waals surface area (Å²) in [5, 5.41) is 18.1. The third-order valence-corrected chi connectivity index (χ3v) is 14.0. The Morgan fingerprint density at radius 1 is 0.907 bits per heavy atom. The SMILES string of the molecule is CCCCNC(=O)[C@@H](C[C@H](O)[C@H](CC1CCCCC1)NC(=O)[C@@H](CCCC)N1CCN(S(=O)(=O)N2CCN(C)CC2)[C@@H](Cc2ccccc2)C1=O)C(C)C. The molecule has 13 heteroatoms. The molecule has 3 fully saturated rings. The Balaban J connectivity index is 1.60. The molecule has 0 unspecified atom stereocenters. The normalized spacial score (nSPS) is 22.2. The van der Waals surface area contributed by atoms with Gasteiger partial charge in [0.2, 0.25) is 17.7 Å². The van der Waals surface area contributed by atoms with Crippen molar-refractivity contribution in [1.82, 2.24) is 29.0 Å². The Morgan fingerprint density at radius 2 is 1.57 bits per heavy atom. The van der Waals surface area contributed by atoms with E-state index in [2.05, 4.69) is 22.5 Å². The van der Waals surface area contributed by atoms with E-state index in [1.54, 1.807) is 4.90 Å². The van der Waals surface area contributed by atoms with Crippen molar-refractivity contribution >= 4 is 27.9 Å². The minimum atomic E-state index is -3.95. The van der Waals surface area contributed by atoms with Crippen molar-refractivity contribution in [3.05, 3.63) is 35.9 Å². The number of nitrogens with zero attached hydrogens (tertiary/aromatic N) is 4. The molecule has 1 saturated carbocycles. The Labute approximate surface area is 326 Å². The summed E-state index contributed by atoms with van der Waals surface area (Å²) in [4.78, 5) is 46.2. The van der Waals surface area contributed by atoms with Crippen LogP contribution < -0.4 is 10.6 Å². The van der Waals surface area contributed by atoms with Crippen LogP contribution in [0.1, 0.15) is 110 Å². The largest absolute Gasteiger partial charge is 0.391 e. The molecule has 54 heavy (non-hydrogen) atoms. The molecular formula is C41H70N6O6S. The first-order chi connectivity index (χ1) is 25.9. The standard InChI is InChI=1S/C41H70N6O6S/c1-6-8-20-36(40(50)43-35(28-32-16-12-10-13-17-32)38(48)30-34(31(3)4)39(49)42-21-9-7-2)46-26-27-47(54(52,53)45-24-22-44(5)23-25-45)37(41(46)51)29-33-18-14-11-15-19-33/h11,14-15,18-19,31-32,34-38,48H,6-10,12-13,16-17,20-30H2,1-5H3,(H,42,49)(H,43,50)/t34-,35-,36+,37-,38-/m0/s1. The summed E-state index contributed by atoms with van der Waals surface area (Å²) in [6.45, 7) is 10.8. The molecule has 12 nitrogen and oxygen atoms in total. The fraction of sp³-hybridized carbons (Fsp3) is 0.780. The first kappa shape index (κ1) is 44.1. The number of unbranched alkanes of at least 4 members (excludes halogenated alkanes) is 2. The lowest BCUT2D eigenvalue weighted by atomic mass is 9.81. The van der Waals surface area contributed by atoms with Gasteiger partial charge in [0.1, 0.15) is 12.1 Å². The van der Waals surface area contributed by atoms with Gasteiger partial charge in [-0.15, -0.1) is 0 Å². The maximum Gasteiger partial charge on any atom is 0.282 e. The smallest absolute Gasteiger partial charge is 0.282 e. The summed E-state index contributed by atoms with van der Waals surface area (Å²) in [5.74, 6) is -0.813. The molecule has 3 N–H and O–H groups in total. The molecule has 0 aromatic heterocycles. The molecule has 4 rings (SSSR count). The summed E-state index contributed by atoms with van der Waals surface area (Å²) in [5.41, 5.74) is 0.847. The average molecular weight is 775 g/mol. The van der Waals surface area contributed by atoms with Crippen molar-refractivity contribution < 1.29 is 27.9 Å². The third kappa shape index (κ3) is 12.2. The zero-order chi connectivity index (χ0) is 39.3. The van der Waals surface area contributed by atoms with Crippen LogP contribution >= 0.6 is 0 Å². The highest BCUT2D eigenvalue weighted by Crippen LogP contribution is 2.31. The summed E-state index contributed by atoms with van der Waals surface area (Å²) in [7, 11) is -1.98. The van der Waals surface area contributed by atoms with Gasteiger partial charge >= 0.3 is 0 Å². The van der Waals surface area contributed by atoms with Crippen LogP contribution in [0.25, 0.3) is 0 Å². The lowest BCUT2D eigenvalue weighted by Gasteiger charge is -2.45. The van der Waals surface area contributed by atoms with Crippen molar-refractivity contribution in [2.75, 3.05) is 52.9 Å². The van der Waals surface area contributed by atoms with Gasteiger partial charge in [0, 0.05) is 51.7 Å². The van der Waals surface area contributed by atoms with E-state index in [1.807, 2.05) is 58.2 Å². The van der Waals surface area contributed by atoms with E-state index in [0.29, 0.717) is 57.9 Å². The first-order valence-corrected chi connectivity index (χ1v) is 22.3. The highest BCUT2D eigenvalue weighted by molar-refractivity contribution is 7.86. The molecule has 306 valence electrons. The monoisotopic (exact) mass is 775 g/mol. The average Bonchev–Trinajstić information content (AvgIpc) is 3.15. The highest BCUT2D eigenvalue weighted by atomic mass is 32.2. The van der Waals surface area contributed by atoms with Gasteiger partial charge in [0.05, 0.1) is 12.1 Å². The minimum Gasteiger partial charge on any atom is -0.391 e. The molecule has 0 bridgehead atoms. The molecule has 1 aromatic rings. The summed E-state index contributed by atoms with van der Waals surface area (Å²) < 4.78 is 31.2. The molecule has 0 spiro atoms. The lowest BCUT2D eigenvalue weighted by molar-refractivity contribution is -0.148. The summed E-state index contributed by atoms with van der Waals surface area (Å²) in [6.07, 6.45) is 9.40. The second-order valence-electron chi connectivity index (χ2n) is 16.4. The van der Waals surface area contributed by atoms with Crippen molar-refractivity contribution in [1.29, 1.82) is 0 Å². The van der Waals surface area contributed by atoms with E-state index < -0.39 is 40.4 Å². The number of likely N-dealkylation sites (N-methyl/N-ethyl adjacent to an activating group) is 1. The van der Waals surface area contributed by atoms with Crippen LogP contribution in [0.15, 0.2) is 30.3 Å². The molecule has 0 radical (unpaired) electrons. The zero-order valence-corrected chi connectivity index (χ0v) is 34.6. The number of hydrogen-bond donors (Lipinski definition) is 3. The van der Waals surface area contributed by atoms with Gasteiger partial charge in [-0.3, -0.25) is 14.4 Å². The van der Waals surface area contributed by atoms with Gasteiger partial charge in [-0.1, -0.05) is 109 Å². The Hall–Kier alpha value is -2.58. The minimum absolute atomic E-state index is 0.00204. The summed E-state index contributed by atoms with van der Waals surface area (Å²) in [6, 6.07) is 7.07. The number of benzene rings is 1. The van der Waals surface area contributed by atoms with E-state index in [9.17, 15) is 27.9 Å². The fourth-order valence-corrected chi connectivity index (χ4v) is 10.1. The van der Waals surface area contributed by atoms with E-state index in [4.69, 9.17) is 0 Å². The molecular weight excluding hydrogens is 705 g/mol. The molecule has 2 heterocycles. The number of carbonyl (C=O) groups is 3. The second kappa shape index (κ2) is 21.6. The quantitative estimate of drug-likeness (QED) is 0.169. The van der Waals surface area contributed by atoms with Crippen LogP contribution in [-0.2, 0) is 31.0 Å². The molecule has 3 aliphatic rings. The molecule has 2 saturated heterocycles. The predicted octanol–water partition coefficient (Wildman–Crippen LogP) is 4.19. The van der Waals surface area contributed by atoms with Gasteiger partial charge in [-0.25, -0.2) is 0 Å². The van der Waals surface area contributed by atoms with Crippen LogP contribution in [0.3, 0.4) is 0 Å². The molecule has 2 aliphatic heterocycles. The number of aliphatic hydroxyl groups is 1. The van der Waals surface area contributed by atoms with E-state index >= 15 is 0 Å². The predicted molar refractivity (Wildman–Crippen MR) is 214 cm³/mol. The topological polar surface area (TPSA) is 143 Å². The lowest BCUT2D eigenvalue weighted by Crippen LogP contribution is -2.66. The molecule has 3 amide bonds. The van der Waals surface area contributed by atoms with E-state index in [-0.39, 0.29) is 49.6 Å². The zero-order valence-electron chi connectivity index (χ0n) is 33.8. The van der Waals surface area contributed by atoms with Crippen LogP contribution in [0, 0.1) is 17.8 Å². The van der Waals surface area contributed by atoms with Crippen LogP contribution in [0.2, 0.25) is 0 Å². The molecule has 5 atom stereocenters. The van der Waals surface area contributed by atoms with Gasteiger partial charge in [0.15, 0.2) is 0 Å². The van der Waals surface area contributed by atoms with Crippen LogP contribution in [-0.4, -0.2) is 127 Å². The Morgan fingerprint density at radius 3 is 2.20 bits per heavy atom. The van der Waals surface area contributed by atoms with Crippen LogP contribution in [0.5, 0.6) is 0 Å². The van der Waals surface area contributed by atoms with E-state index in [1.165, 1.54) is 15.0 Å². The maximum atomic E-state index is 14.7. The number of nitrogens with one attached hydrogen (secondary N) is 2. The van der Waals surface area contributed by atoms with Crippen LogP contribution in [0.4, 0.5) is 0 Å². The first-order valence-electron chi connectivity index (χ1n) is 20.9. The number of rotatable bonds is 20. The van der Waals surface area contributed by atoms with Gasteiger partial charge in [0.25, 0.3) is 10.2 Å². The molecule has 1 aliphatic carbocycles. The Bertz CT molecular complexity index is 1420. The van der Waals surface area contributed by atoms with Crippen molar-refractivity contribution in [3.8, 4) is 0 Å².